The Morgan fingerprint density at radius 3 is 1.03 bits per heavy atom. The predicted octanol–water partition coefficient (Wildman–Crippen LogP) is 9.26. The fraction of sp³-hybridized carbons (Fsp3) is 0.929. The van der Waals surface area contributed by atoms with E-state index in [1.807, 2.05) is 0 Å². The number of hydrogen-bond donors (Lipinski definition) is 0. The molecule has 1 unspecified atom stereocenters. The topological polar surface area (TPSA) is 6.48 Å². The molecule has 0 aromatic heterocycles. The third kappa shape index (κ3) is 13.6. The molecule has 0 aromatic carbocycles. The van der Waals surface area contributed by atoms with E-state index in [0.29, 0.717) is 6.17 Å². The van der Waals surface area contributed by atoms with Crippen LogP contribution < -0.4 is 0 Å². The van der Waals surface area contributed by atoms with Crippen LogP contribution in [0.5, 0.6) is 0 Å². The minimum Gasteiger partial charge on any atom is -0.356 e. The van der Waals surface area contributed by atoms with E-state index in [4.69, 9.17) is 0 Å². The Morgan fingerprint density at radius 2 is 0.733 bits per heavy atom. The molecule has 1 aliphatic rings. The zero-order valence-electron chi connectivity index (χ0n) is 21.2. The summed E-state index contributed by atoms with van der Waals surface area (Å²) in [6, 6.07) is 0. The predicted molar refractivity (Wildman–Crippen MR) is 136 cm³/mol. The Labute approximate surface area is 190 Å². The molecular formula is C28H56N2. The Bertz CT molecular complexity index is 379. The first-order valence-electron chi connectivity index (χ1n) is 14.0. The molecule has 2 heteroatoms. The minimum atomic E-state index is 0.623. The van der Waals surface area contributed by atoms with Gasteiger partial charge in [-0.1, -0.05) is 130 Å². The highest BCUT2D eigenvalue weighted by molar-refractivity contribution is 4.96. The molecule has 2 nitrogen and oxygen atoms in total. The molecular weight excluding hydrogens is 364 g/mol. The highest BCUT2D eigenvalue weighted by Crippen LogP contribution is 2.21. The van der Waals surface area contributed by atoms with Crippen LogP contribution in [0.2, 0.25) is 0 Å². The fourth-order valence-electron chi connectivity index (χ4n) is 4.86. The third-order valence-electron chi connectivity index (χ3n) is 6.87. The second kappa shape index (κ2) is 20.3. The van der Waals surface area contributed by atoms with Gasteiger partial charge in [0.25, 0.3) is 0 Å². The summed E-state index contributed by atoms with van der Waals surface area (Å²) in [4.78, 5) is 5.21. The molecule has 0 aromatic rings. The number of nitrogens with zero attached hydrogens (tertiary/aromatic N) is 2. The maximum atomic E-state index is 2.61. The average Bonchev–Trinajstić information content (AvgIpc) is 3.15. The molecule has 0 saturated carbocycles. The molecule has 1 rings (SSSR count). The summed E-state index contributed by atoms with van der Waals surface area (Å²) in [5, 5.41) is 0. The van der Waals surface area contributed by atoms with Crippen molar-refractivity contribution in [2.45, 2.75) is 155 Å². The van der Waals surface area contributed by atoms with Crippen LogP contribution >= 0.6 is 0 Å². The van der Waals surface area contributed by atoms with Crippen molar-refractivity contribution in [2.75, 3.05) is 13.1 Å². The Kier molecular flexibility index (Phi) is 18.5. The number of rotatable bonds is 22. The summed E-state index contributed by atoms with van der Waals surface area (Å²) in [5.74, 6) is 0. The minimum absolute atomic E-state index is 0.623. The second-order valence-electron chi connectivity index (χ2n) is 9.67. The van der Waals surface area contributed by atoms with E-state index in [9.17, 15) is 0 Å². The van der Waals surface area contributed by atoms with Gasteiger partial charge in [0.1, 0.15) is 6.17 Å². The van der Waals surface area contributed by atoms with Gasteiger partial charge in [-0.3, -0.25) is 0 Å². The van der Waals surface area contributed by atoms with Gasteiger partial charge in [0, 0.05) is 25.5 Å². The van der Waals surface area contributed by atoms with Crippen LogP contribution in [0.4, 0.5) is 0 Å². The second-order valence-corrected chi connectivity index (χ2v) is 9.67. The molecule has 1 heterocycles. The molecule has 0 bridgehead atoms. The number of hydrogen-bond acceptors (Lipinski definition) is 2. The van der Waals surface area contributed by atoms with Crippen LogP contribution in [0.1, 0.15) is 149 Å². The lowest BCUT2D eigenvalue weighted by molar-refractivity contribution is 0.144. The van der Waals surface area contributed by atoms with Crippen molar-refractivity contribution in [3.8, 4) is 0 Å². The molecule has 0 fully saturated rings. The van der Waals surface area contributed by atoms with E-state index in [1.54, 1.807) is 0 Å². The van der Waals surface area contributed by atoms with Gasteiger partial charge in [-0.15, -0.1) is 0 Å². The summed E-state index contributed by atoms with van der Waals surface area (Å²) in [6.07, 6.45) is 33.7. The Morgan fingerprint density at radius 1 is 0.433 bits per heavy atom. The quantitative estimate of drug-likeness (QED) is 0.161. The van der Waals surface area contributed by atoms with Gasteiger partial charge in [0.2, 0.25) is 0 Å². The van der Waals surface area contributed by atoms with Crippen LogP contribution in [0.15, 0.2) is 12.4 Å². The van der Waals surface area contributed by atoms with Gasteiger partial charge >= 0.3 is 0 Å². The lowest BCUT2D eigenvalue weighted by Crippen LogP contribution is -2.38. The van der Waals surface area contributed by atoms with Crippen molar-refractivity contribution in [3.63, 3.8) is 0 Å². The molecule has 1 atom stereocenters. The summed E-state index contributed by atoms with van der Waals surface area (Å²) in [7, 11) is 0. The molecule has 0 amide bonds. The summed E-state index contributed by atoms with van der Waals surface area (Å²) in [6.45, 7) is 9.45. The molecule has 30 heavy (non-hydrogen) atoms. The van der Waals surface area contributed by atoms with Gasteiger partial charge in [-0.05, 0) is 19.3 Å². The van der Waals surface area contributed by atoms with E-state index in [0.717, 1.165) is 0 Å². The number of unbranched alkanes of at least 4 members (excludes halogenated alkanes) is 17. The molecule has 178 valence electrons. The zero-order chi connectivity index (χ0) is 21.7. The zero-order valence-corrected chi connectivity index (χ0v) is 21.2. The molecule has 0 radical (unpaired) electrons. The van der Waals surface area contributed by atoms with Crippen LogP contribution in [0, 0.1) is 0 Å². The normalized spacial score (nSPS) is 16.2. The van der Waals surface area contributed by atoms with Crippen molar-refractivity contribution in [1.29, 1.82) is 0 Å². The van der Waals surface area contributed by atoms with Crippen molar-refractivity contribution < 1.29 is 0 Å². The first-order chi connectivity index (χ1) is 14.8. The van der Waals surface area contributed by atoms with Gasteiger partial charge in [0.15, 0.2) is 0 Å². The summed E-state index contributed by atoms with van der Waals surface area (Å²) < 4.78 is 0. The maximum Gasteiger partial charge on any atom is 0.100 e. The highest BCUT2D eigenvalue weighted by Gasteiger charge is 2.23. The van der Waals surface area contributed by atoms with Crippen LogP contribution in [0.25, 0.3) is 0 Å². The lowest BCUT2D eigenvalue weighted by atomic mass is 10.1. The van der Waals surface area contributed by atoms with Gasteiger partial charge in [-0.25, -0.2) is 0 Å². The first kappa shape index (κ1) is 27.4. The SMILES string of the molecule is CCCCCCCCCCCCCCN1C=CN(CCCCCCCCC)C1CC. The first-order valence-corrected chi connectivity index (χ1v) is 14.0. The van der Waals surface area contributed by atoms with E-state index in [-0.39, 0.29) is 0 Å². The van der Waals surface area contributed by atoms with Gasteiger partial charge < -0.3 is 9.80 Å². The van der Waals surface area contributed by atoms with E-state index in [1.165, 1.54) is 142 Å². The van der Waals surface area contributed by atoms with Crippen molar-refractivity contribution >= 4 is 0 Å². The Hall–Kier alpha value is -0.660. The average molecular weight is 421 g/mol. The smallest absolute Gasteiger partial charge is 0.100 e. The van der Waals surface area contributed by atoms with Crippen molar-refractivity contribution in [1.82, 2.24) is 9.80 Å². The maximum absolute atomic E-state index is 2.61. The van der Waals surface area contributed by atoms with E-state index >= 15 is 0 Å². The molecule has 0 spiro atoms. The summed E-state index contributed by atoms with van der Waals surface area (Å²) >= 11 is 0. The third-order valence-corrected chi connectivity index (χ3v) is 6.87. The molecule has 1 aliphatic heterocycles. The largest absolute Gasteiger partial charge is 0.356 e. The van der Waals surface area contributed by atoms with Gasteiger partial charge in [-0.2, -0.15) is 0 Å². The van der Waals surface area contributed by atoms with Crippen LogP contribution in [-0.4, -0.2) is 29.1 Å². The Balaban J connectivity index is 1.96. The molecule has 0 saturated heterocycles. The molecule has 0 aliphatic carbocycles. The summed E-state index contributed by atoms with van der Waals surface area (Å²) in [5.41, 5.74) is 0. The van der Waals surface area contributed by atoms with E-state index in [2.05, 4.69) is 43.0 Å². The van der Waals surface area contributed by atoms with E-state index < -0.39 is 0 Å². The molecule has 0 N–H and O–H groups in total. The van der Waals surface area contributed by atoms with Gasteiger partial charge in [0.05, 0.1) is 0 Å². The van der Waals surface area contributed by atoms with Crippen LogP contribution in [-0.2, 0) is 0 Å². The standard InChI is InChI=1S/C28H56N2/c1-4-7-9-11-13-14-15-16-17-19-21-23-25-30-27-26-29(28(30)6-3)24-22-20-18-12-10-8-5-2/h26-28H,4-25H2,1-3H3. The highest BCUT2D eigenvalue weighted by atomic mass is 15.4. The fourth-order valence-corrected chi connectivity index (χ4v) is 4.86. The van der Waals surface area contributed by atoms with Crippen molar-refractivity contribution in [2.24, 2.45) is 0 Å². The monoisotopic (exact) mass is 420 g/mol. The van der Waals surface area contributed by atoms with Crippen LogP contribution in [0.3, 0.4) is 0 Å². The van der Waals surface area contributed by atoms with Crippen molar-refractivity contribution in [3.05, 3.63) is 12.4 Å². The lowest BCUT2D eigenvalue weighted by Gasteiger charge is -2.32.